The molecule has 2 aromatic rings. The summed E-state index contributed by atoms with van der Waals surface area (Å²) in [4.78, 5) is 14.7. The van der Waals surface area contributed by atoms with Crippen molar-refractivity contribution >= 4 is 27.3 Å². The first-order chi connectivity index (χ1) is 12.7. The van der Waals surface area contributed by atoms with Crippen LogP contribution in [0.2, 0.25) is 0 Å². The molecule has 0 heterocycles. The van der Waals surface area contributed by atoms with Gasteiger partial charge in [0.1, 0.15) is 0 Å². The smallest absolute Gasteiger partial charge is 0.242 e. The highest BCUT2D eigenvalue weighted by molar-refractivity contribution is 7.89. The molecule has 6 nitrogen and oxygen atoms in total. The average molecular weight is 390 g/mol. The summed E-state index contributed by atoms with van der Waals surface area (Å²) in [7, 11) is -3.75. The Bertz CT molecular complexity index is 850. The zero-order valence-corrected chi connectivity index (χ0v) is 17.0. The molecule has 2 N–H and O–H groups in total. The van der Waals surface area contributed by atoms with Crippen LogP contribution in [-0.2, 0) is 14.8 Å². The lowest BCUT2D eigenvalue weighted by Gasteiger charge is -2.27. The minimum Gasteiger partial charge on any atom is -0.369 e. The Labute approximate surface area is 161 Å². The van der Waals surface area contributed by atoms with Gasteiger partial charge in [-0.05, 0) is 64.1 Å². The van der Waals surface area contributed by atoms with Crippen molar-refractivity contribution in [1.29, 1.82) is 0 Å². The third-order valence-electron chi connectivity index (χ3n) is 4.21. The summed E-state index contributed by atoms with van der Waals surface area (Å²) in [5.41, 5.74) is 1.69. The van der Waals surface area contributed by atoms with Crippen molar-refractivity contribution in [2.75, 3.05) is 16.8 Å². The fraction of sp³-hybridized carbons (Fsp3) is 0.350. The first-order valence-electron chi connectivity index (χ1n) is 8.99. The Kier molecular flexibility index (Phi) is 6.98. The average Bonchev–Trinajstić information content (AvgIpc) is 2.63. The van der Waals surface area contributed by atoms with Gasteiger partial charge in [-0.1, -0.05) is 18.2 Å². The van der Waals surface area contributed by atoms with E-state index >= 15 is 0 Å². The first kappa shape index (κ1) is 20.9. The van der Waals surface area contributed by atoms with Gasteiger partial charge >= 0.3 is 0 Å². The molecule has 2 aromatic carbocycles. The number of rotatable bonds is 8. The Morgan fingerprint density at radius 3 is 2.11 bits per heavy atom. The minimum absolute atomic E-state index is 0.127. The second kappa shape index (κ2) is 9.01. The maximum absolute atomic E-state index is 12.4. The first-order valence-corrected chi connectivity index (χ1v) is 10.5. The van der Waals surface area contributed by atoms with Gasteiger partial charge in [0, 0.05) is 24.0 Å². The van der Waals surface area contributed by atoms with Gasteiger partial charge < -0.3 is 10.2 Å². The predicted molar refractivity (Wildman–Crippen MR) is 109 cm³/mol. The normalized spacial score (nSPS) is 12.6. The molecule has 0 fully saturated rings. The van der Waals surface area contributed by atoms with Crippen LogP contribution in [-0.4, -0.2) is 33.0 Å². The maximum Gasteiger partial charge on any atom is 0.242 e. The number of hydrogen-bond acceptors (Lipinski definition) is 4. The third kappa shape index (κ3) is 5.55. The van der Waals surface area contributed by atoms with Gasteiger partial charge in [-0.15, -0.1) is 0 Å². The lowest BCUT2D eigenvalue weighted by molar-refractivity contribution is -0.117. The number of anilines is 2. The molecule has 0 aromatic heterocycles. The molecule has 2 rings (SSSR count). The Balaban J connectivity index is 2.02. The van der Waals surface area contributed by atoms with Gasteiger partial charge in [-0.25, -0.2) is 8.42 Å². The van der Waals surface area contributed by atoms with Crippen molar-refractivity contribution in [2.24, 2.45) is 0 Å². The van der Waals surface area contributed by atoms with Crippen LogP contribution in [0.4, 0.5) is 11.4 Å². The summed E-state index contributed by atoms with van der Waals surface area (Å²) >= 11 is 0. The highest BCUT2D eigenvalue weighted by Gasteiger charge is 2.22. The van der Waals surface area contributed by atoms with Gasteiger partial charge in [0.25, 0.3) is 0 Å². The zero-order chi connectivity index (χ0) is 20.0. The number of benzene rings is 2. The van der Waals surface area contributed by atoms with Gasteiger partial charge in [-0.2, -0.15) is 4.72 Å². The summed E-state index contributed by atoms with van der Waals surface area (Å²) in [5, 5.41) is 2.74. The van der Waals surface area contributed by atoms with E-state index in [2.05, 4.69) is 35.7 Å². The van der Waals surface area contributed by atoms with E-state index in [0.717, 1.165) is 12.2 Å². The summed E-state index contributed by atoms with van der Waals surface area (Å²) in [5.74, 6) is -0.418. The predicted octanol–water partition coefficient (Wildman–Crippen LogP) is 3.23. The standard InChI is InChI=1S/C20H27N3O3S/c1-5-23(15(2)3)18-13-11-17(12-14-18)21-20(24)16(4)22-27(25,26)19-9-7-6-8-10-19/h6-16,22H,5H2,1-4H3,(H,21,24)/t16-/m0/s1. The van der Waals surface area contributed by atoms with Crippen LogP contribution in [0.3, 0.4) is 0 Å². The summed E-state index contributed by atoms with van der Waals surface area (Å²) < 4.78 is 27.0. The van der Waals surface area contributed by atoms with E-state index in [0.29, 0.717) is 11.7 Å². The van der Waals surface area contributed by atoms with Crippen molar-refractivity contribution in [1.82, 2.24) is 4.72 Å². The number of nitrogens with zero attached hydrogens (tertiary/aromatic N) is 1. The van der Waals surface area contributed by atoms with E-state index in [9.17, 15) is 13.2 Å². The maximum atomic E-state index is 12.4. The SMILES string of the molecule is CCN(c1ccc(NC(=O)[C@H](C)NS(=O)(=O)c2ccccc2)cc1)C(C)C. The molecule has 0 saturated carbocycles. The Morgan fingerprint density at radius 2 is 1.59 bits per heavy atom. The van der Waals surface area contributed by atoms with E-state index in [1.54, 1.807) is 18.2 Å². The van der Waals surface area contributed by atoms with Crippen LogP contribution in [0.15, 0.2) is 59.5 Å². The van der Waals surface area contributed by atoms with Gasteiger partial charge in [0.15, 0.2) is 0 Å². The van der Waals surface area contributed by atoms with Gasteiger partial charge in [0.2, 0.25) is 15.9 Å². The molecule has 0 aliphatic rings. The monoisotopic (exact) mass is 389 g/mol. The van der Waals surface area contributed by atoms with Crippen molar-refractivity contribution < 1.29 is 13.2 Å². The largest absolute Gasteiger partial charge is 0.369 e. The van der Waals surface area contributed by atoms with E-state index in [1.807, 2.05) is 24.3 Å². The topological polar surface area (TPSA) is 78.5 Å². The molecule has 0 aliphatic heterocycles. The van der Waals surface area contributed by atoms with E-state index in [4.69, 9.17) is 0 Å². The highest BCUT2D eigenvalue weighted by atomic mass is 32.2. The second-order valence-corrected chi connectivity index (χ2v) is 8.29. The van der Waals surface area contributed by atoms with Crippen LogP contribution >= 0.6 is 0 Å². The van der Waals surface area contributed by atoms with Gasteiger partial charge in [0.05, 0.1) is 10.9 Å². The third-order valence-corrected chi connectivity index (χ3v) is 5.77. The molecule has 0 aliphatic carbocycles. The van der Waals surface area contributed by atoms with Crippen molar-refractivity contribution in [3.8, 4) is 0 Å². The van der Waals surface area contributed by atoms with E-state index in [-0.39, 0.29) is 4.90 Å². The van der Waals surface area contributed by atoms with E-state index in [1.165, 1.54) is 19.1 Å². The van der Waals surface area contributed by atoms with Gasteiger partial charge in [-0.3, -0.25) is 4.79 Å². The van der Waals surface area contributed by atoms with E-state index < -0.39 is 22.0 Å². The highest BCUT2D eigenvalue weighted by Crippen LogP contribution is 2.20. The molecule has 7 heteroatoms. The number of nitrogens with one attached hydrogen (secondary N) is 2. The number of carbonyl (C=O) groups excluding carboxylic acids is 1. The summed E-state index contributed by atoms with van der Waals surface area (Å²) in [6.07, 6.45) is 0. The zero-order valence-electron chi connectivity index (χ0n) is 16.1. The molecule has 27 heavy (non-hydrogen) atoms. The second-order valence-electron chi connectivity index (χ2n) is 6.57. The van der Waals surface area contributed by atoms with Crippen LogP contribution in [0.1, 0.15) is 27.7 Å². The molecule has 1 amide bonds. The molecule has 1 atom stereocenters. The fourth-order valence-corrected chi connectivity index (χ4v) is 4.01. The molecule has 0 unspecified atom stereocenters. The van der Waals surface area contributed by atoms with Crippen molar-refractivity contribution in [2.45, 2.75) is 44.7 Å². The van der Waals surface area contributed by atoms with Crippen molar-refractivity contribution in [3.63, 3.8) is 0 Å². The summed E-state index contributed by atoms with van der Waals surface area (Å²) in [6, 6.07) is 15.0. The minimum atomic E-state index is -3.75. The molecule has 0 saturated heterocycles. The Morgan fingerprint density at radius 1 is 1.00 bits per heavy atom. The molecule has 0 spiro atoms. The molecular formula is C20H27N3O3S. The lowest BCUT2D eigenvalue weighted by Crippen LogP contribution is -2.41. The van der Waals surface area contributed by atoms with Crippen molar-refractivity contribution in [3.05, 3.63) is 54.6 Å². The Hall–Kier alpha value is -2.38. The number of sulfonamides is 1. The van der Waals surface area contributed by atoms with Crippen LogP contribution in [0, 0.1) is 0 Å². The molecule has 0 radical (unpaired) electrons. The van der Waals surface area contributed by atoms with Crippen LogP contribution < -0.4 is 14.9 Å². The summed E-state index contributed by atoms with van der Waals surface area (Å²) in [6.45, 7) is 8.75. The number of amides is 1. The molecular weight excluding hydrogens is 362 g/mol. The quantitative estimate of drug-likeness (QED) is 0.727. The van der Waals surface area contributed by atoms with Crippen LogP contribution in [0.5, 0.6) is 0 Å². The number of hydrogen-bond donors (Lipinski definition) is 2. The molecule has 0 bridgehead atoms. The number of carbonyl (C=O) groups is 1. The molecule has 146 valence electrons. The lowest BCUT2D eigenvalue weighted by atomic mass is 10.2. The van der Waals surface area contributed by atoms with Crippen LogP contribution in [0.25, 0.3) is 0 Å². The fourth-order valence-electron chi connectivity index (χ4n) is 2.79.